The molecule has 1 fully saturated rings. The van der Waals surface area contributed by atoms with Crippen molar-refractivity contribution in [2.75, 3.05) is 13.1 Å². The fourth-order valence-electron chi connectivity index (χ4n) is 3.16. The van der Waals surface area contributed by atoms with Gasteiger partial charge in [-0.25, -0.2) is 4.98 Å². The molecule has 126 valence electrons. The van der Waals surface area contributed by atoms with E-state index in [0.717, 1.165) is 36.9 Å². The Morgan fingerprint density at radius 1 is 1.52 bits per heavy atom. The molecule has 0 saturated carbocycles. The van der Waals surface area contributed by atoms with Crippen molar-refractivity contribution in [2.45, 2.75) is 39.2 Å². The molecule has 1 amide bonds. The van der Waals surface area contributed by atoms with Crippen LogP contribution >= 0.6 is 12.4 Å². The number of fused-ring (bicyclic) bond motifs is 1. The molecule has 23 heavy (non-hydrogen) atoms. The van der Waals surface area contributed by atoms with Crippen LogP contribution < -0.4 is 5.73 Å². The molecule has 7 heteroatoms. The van der Waals surface area contributed by atoms with Gasteiger partial charge in [-0.3, -0.25) is 4.79 Å². The van der Waals surface area contributed by atoms with Gasteiger partial charge in [-0.2, -0.15) is 0 Å². The zero-order valence-corrected chi connectivity index (χ0v) is 14.3. The molecule has 2 N–H and O–H groups in total. The summed E-state index contributed by atoms with van der Waals surface area (Å²) in [6.45, 7) is 5.47. The van der Waals surface area contributed by atoms with E-state index in [1.807, 2.05) is 17.9 Å². The number of hydrogen-bond donors (Lipinski definition) is 1. The molecule has 3 heterocycles. The lowest BCUT2D eigenvalue weighted by atomic mass is 9.92. The quantitative estimate of drug-likeness (QED) is 0.928. The number of rotatable bonds is 3. The molecule has 1 saturated heterocycles. The van der Waals surface area contributed by atoms with E-state index in [-0.39, 0.29) is 24.4 Å². The van der Waals surface area contributed by atoms with Crippen LogP contribution in [0.5, 0.6) is 0 Å². The van der Waals surface area contributed by atoms with Gasteiger partial charge in [0.05, 0.1) is 16.6 Å². The SMILES string of the molecule is CCc1noc2ncc(C(=O)N3CCC(C)CC3CN)cc12.Cl. The monoisotopic (exact) mass is 338 g/mol. The lowest BCUT2D eigenvalue weighted by Crippen LogP contribution is -2.49. The van der Waals surface area contributed by atoms with E-state index in [2.05, 4.69) is 17.1 Å². The maximum absolute atomic E-state index is 12.8. The Kier molecular flexibility index (Phi) is 5.59. The standard InChI is InChI=1S/C16H22N4O2.ClH/c1-3-14-13-7-11(9-18-15(13)22-19-14)16(21)20-5-4-10(2)6-12(20)8-17;/h7,9-10,12H,3-6,8,17H2,1-2H3;1H. The van der Waals surface area contributed by atoms with Crippen LogP contribution in [0.15, 0.2) is 16.8 Å². The van der Waals surface area contributed by atoms with E-state index in [1.165, 1.54) is 0 Å². The smallest absolute Gasteiger partial charge is 0.257 e. The van der Waals surface area contributed by atoms with Crippen molar-refractivity contribution in [3.63, 3.8) is 0 Å². The zero-order valence-electron chi connectivity index (χ0n) is 13.5. The van der Waals surface area contributed by atoms with Crippen LogP contribution in [-0.2, 0) is 6.42 Å². The van der Waals surface area contributed by atoms with Gasteiger partial charge in [0.1, 0.15) is 0 Å². The van der Waals surface area contributed by atoms with Gasteiger partial charge >= 0.3 is 0 Å². The van der Waals surface area contributed by atoms with Crippen LogP contribution in [0, 0.1) is 5.92 Å². The topological polar surface area (TPSA) is 85.2 Å². The summed E-state index contributed by atoms with van der Waals surface area (Å²) in [5.74, 6) is 0.614. The molecule has 2 atom stereocenters. The first-order chi connectivity index (χ1) is 10.6. The summed E-state index contributed by atoms with van der Waals surface area (Å²) in [5.41, 5.74) is 7.75. The van der Waals surface area contributed by atoms with Crippen LogP contribution in [-0.4, -0.2) is 40.1 Å². The van der Waals surface area contributed by atoms with Crippen molar-refractivity contribution in [3.8, 4) is 0 Å². The van der Waals surface area contributed by atoms with Crippen molar-refractivity contribution in [1.82, 2.24) is 15.0 Å². The number of nitrogens with zero attached hydrogens (tertiary/aromatic N) is 3. The largest absolute Gasteiger partial charge is 0.336 e. The highest BCUT2D eigenvalue weighted by molar-refractivity contribution is 5.97. The van der Waals surface area contributed by atoms with Gasteiger partial charge in [0, 0.05) is 25.3 Å². The second-order valence-electron chi connectivity index (χ2n) is 6.08. The fraction of sp³-hybridized carbons (Fsp3) is 0.562. The molecule has 0 aromatic carbocycles. The van der Waals surface area contributed by atoms with Crippen LogP contribution in [0.3, 0.4) is 0 Å². The van der Waals surface area contributed by atoms with Crippen molar-refractivity contribution in [1.29, 1.82) is 0 Å². The molecule has 3 rings (SSSR count). The van der Waals surface area contributed by atoms with Crippen LogP contribution in [0.2, 0.25) is 0 Å². The normalized spacial score (nSPS) is 21.3. The molecule has 2 aromatic heterocycles. The van der Waals surface area contributed by atoms with Gasteiger partial charge in [0.15, 0.2) is 0 Å². The lowest BCUT2D eigenvalue weighted by Gasteiger charge is -2.38. The number of pyridine rings is 1. The fourth-order valence-corrected chi connectivity index (χ4v) is 3.16. The minimum atomic E-state index is 0. The number of amides is 1. The van der Waals surface area contributed by atoms with Gasteiger partial charge < -0.3 is 15.2 Å². The molecule has 0 spiro atoms. The van der Waals surface area contributed by atoms with Gasteiger partial charge in [0.2, 0.25) is 0 Å². The molecule has 1 aliphatic rings. The van der Waals surface area contributed by atoms with Crippen molar-refractivity contribution in [2.24, 2.45) is 11.7 Å². The van der Waals surface area contributed by atoms with Crippen molar-refractivity contribution >= 4 is 29.4 Å². The summed E-state index contributed by atoms with van der Waals surface area (Å²) in [4.78, 5) is 18.9. The predicted octanol–water partition coefficient (Wildman–Crippen LogP) is 2.41. The molecule has 2 aromatic rings. The molecule has 0 bridgehead atoms. The van der Waals surface area contributed by atoms with Crippen LogP contribution in [0.25, 0.3) is 11.1 Å². The van der Waals surface area contributed by atoms with Crippen molar-refractivity contribution in [3.05, 3.63) is 23.5 Å². The first-order valence-electron chi connectivity index (χ1n) is 7.89. The average molecular weight is 339 g/mol. The first kappa shape index (κ1) is 17.7. The third-order valence-corrected chi connectivity index (χ3v) is 4.50. The maximum Gasteiger partial charge on any atom is 0.257 e. The van der Waals surface area contributed by atoms with Crippen LogP contribution in [0.4, 0.5) is 0 Å². The van der Waals surface area contributed by atoms with E-state index < -0.39 is 0 Å². The Balaban J connectivity index is 0.00000192. The summed E-state index contributed by atoms with van der Waals surface area (Å²) in [6, 6.07) is 1.95. The molecule has 0 aliphatic carbocycles. The Labute approximate surface area is 141 Å². The Morgan fingerprint density at radius 2 is 2.30 bits per heavy atom. The van der Waals surface area contributed by atoms with E-state index in [1.54, 1.807) is 6.20 Å². The Morgan fingerprint density at radius 3 is 3.00 bits per heavy atom. The minimum Gasteiger partial charge on any atom is -0.336 e. The highest BCUT2D eigenvalue weighted by Crippen LogP contribution is 2.25. The number of carbonyl (C=O) groups is 1. The second-order valence-corrected chi connectivity index (χ2v) is 6.08. The molecule has 2 unspecified atom stereocenters. The number of likely N-dealkylation sites (tertiary alicyclic amines) is 1. The second kappa shape index (κ2) is 7.27. The first-order valence-corrected chi connectivity index (χ1v) is 7.89. The third-order valence-electron chi connectivity index (χ3n) is 4.50. The van der Waals surface area contributed by atoms with Crippen molar-refractivity contribution < 1.29 is 9.32 Å². The maximum atomic E-state index is 12.8. The Hall–Kier alpha value is -1.66. The molecule has 6 nitrogen and oxygen atoms in total. The van der Waals surface area contributed by atoms with Crippen LogP contribution in [0.1, 0.15) is 42.7 Å². The van der Waals surface area contributed by atoms with E-state index in [9.17, 15) is 4.79 Å². The van der Waals surface area contributed by atoms with Gasteiger partial charge in [-0.15, -0.1) is 12.4 Å². The molecule has 0 radical (unpaired) electrons. The van der Waals surface area contributed by atoms with E-state index in [0.29, 0.717) is 23.7 Å². The number of piperidine rings is 1. The predicted molar refractivity (Wildman–Crippen MR) is 90.7 cm³/mol. The summed E-state index contributed by atoms with van der Waals surface area (Å²) in [5, 5.41) is 4.81. The highest BCUT2D eigenvalue weighted by atomic mass is 35.5. The minimum absolute atomic E-state index is 0. The number of carbonyl (C=O) groups excluding carboxylic acids is 1. The zero-order chi connectivity index (χ0) is 15.7. The molecular formula is C16H23ClN4O2. The molecular weight excluding hydrogens is 316 g/mol. The Bertz CT molecular complexity index is 688. The molecule has 1 aliphatic heterocycles. The van der Waals surface area contributed by atoms with E-state index in [4.69, 9.17) is 10.3 Å². The van der Waals surface area contributed by atoms with Gasteiger partial charge in [0.25, 0.3) is 11.6 Å². The summed E-state index contributed by atoms with van der Waals surface area (Å²) >= 11 is 0. The summed E-state index contributed by atoms with van der Waals surface area (Å²) in [7, 11) is 0. The summed E-state index contributed by atoms with van der Waals surface area (Å²) in [6.07, 6.45) is 4.30. The number of halogens is 1. The highest BCUT2D eigenvalue weighted by Gasteiger charge is 2.30. The number of nitrogens with two attached hydrogens (primary N) is 1. The van der Waals surface area contributed by atoms with E-state index >= 15 is 0 Å². The average Bonchev–Trinajstić information content (AvgIpc) is 2.96. The van der Waals surface area contributed by atoms with Gasteiger partial charge in [-0.1, -0.05) is 19.0 Å². The number of hydrogen-bond acceptors (Lipinski definition) is 5. The summed E-state index contributed by atoms with van der Waals surface area (Å²) < 4.78 is 5.17. The lowest BCUT2D eigenvalue weighted by molar-refractivity contribution is 0.0573. The number of aromatic nitrogens is 2. The third kappa shape index (κ3) is 3.33. The number of aryl methyl sites for hydroxylation is 1. The van der Waals surface area contributed by atoms with Gasteiger partial charge in [-0.05, 0) is 31.2 Å².